The molecule has 0 aliphatic rings. The number of carboxylic acid groups (broad SMARTS) is 2. The molecule has 0 spiro atoms. The SMILES string of the molecule is CCN(C)C(C(=O)O)C(O)C(=O)O. The van der Waals surface area contributed by atoms with Gasteiger partial charge < -0.3 is 15.3 Å². The summed E-state index contributed by atoms with van der Waals surface area (Å²) in [6, 6.07) is -1.40. The van der Waals surface area contributed by atoms with E-state index < -0.39 is 24.1 Å². The zero-order chi connectivity index (χ0) is 10.6. The molecule has 3 N–H and O–H groups in total. The molecule has 0 aromatic heterocycles. The molecule has 6 heteroatoms. The number of aliphatic hydroxyl groups excluding tert-OH is 1. The fraction of sp³-hybridized carbons (Fsp3) is 0.714. The van der Waals surface area contributed by atoms with Crippen molar-refractivity contribution >= 4 is 11.9 Å². The first-order chi connectivity index (χ1) is 5.91. The molecule has 0 aliphatic heterocycles. The maximum absolute atomic E-state index is 10.6. The van der Waals surface area contributed by atoms with Gasteiger partial charge in [0.2, 0.25) is 0 Å². The van der Waals surface area contributed by atoms with Gasteiger partial charge in [-0.15, -0.1) is 0 Å². The van der Waals surface area contributed by atoms with Crippen molar-refractivity contribution < 1.29 is 24.9 Å². The Bertz CT molecular complexity index is 205. The number of hydrogen-bond acceptors (Lipinski definition) is 4. The van der Waals surface area contributed by atoms with E-state index in [1.54, 1.807) is 6.92 Å². The first-order valence-electron chi connectivity index (χ1n) is 3.75. The number of carbonyl (C=O) groups is 2. The molecule has 0 heterocycles. The predicted molar refractivity (Wildman–Crippen MR) is 43.4 cm³/mol. The van der Waals surface area contributed by atoms with Crippen LogP contribution in [0.25, 0.3) is 0 Å². The number of nitrogens with zero attached hydrogens (tertiary/aromatic N) is 1. The Labute approximate surface area is 75.4 Å². The Kier molecular flexibility index (Phi) is 4.36. The second-order valence-electron chi connectivity index (χ2n) is 2.64. The second-order valence-corrected chi connectivity index (χ2v) is 2.64. The van der Waals surface area contributed by atoms with Crippen LogP contribution in [0, 0.1) is 0 Å². The first-order valence-corrected chi connectivity index (χ1v) is 3.75. The minimum Gasteiger partial charge on any atom is -0.480 e. The number of rotatable bonds is 5. The number of aliphatic carboxylic acids is 2. The summed E-state index contributed by atoms with van der Waals surface area (Å²) in [5.74, 6) is -2.88. The summed E-state index contributed by atoms with van der Waals surface area (Å²) >= 11 is 0. The monoisotopic (exact) mass is 191 g/mol. The molecular formula is C7H13NO5. The van der Waals surface area contributed by atoms with Crippen LogP contribution < -0.4 is 0 Å². The third-order valence-corrected chi connectivity index (χ3v) is 1.78. The molecule has 2 atom stereocenters. The molecule has 2 unspecified atom stereocenters. The van der Waals surface area contributed by atoms with Gasteiger partial charge in [0.25, 0.3) is 0 Å². The highest BCUT2D eigenvalue weighted by molar-refractivity contribution is 5.84. The van der Waals surface area contributed by atoms with E-state index in [1.807, 2.05) is 0 Å². The maximum atomic E-state index is 10.6. The van der Waals surface area contributed by atoms with E-state index in [1.165, 1.54) is 11.9 Å². The van der Waals surface area contributed by atoms with Gasteiger partial charge in [-0.05, 0) is 13.6 Å². The Morgan fingerprint density at radius 1 is 1.31 bits per heavy atom. The Morgan fingerprint density at radius 2 is 1.77 bits per heavy atom. The molecule has 0 radical (unpaired) electrons. The van der Waals surface area contributed by atoms with Gasteiger partial charge in [-0.25, -0.2) is 4.79 Å². The molecule has 76 valence electrons. The van der Waals surface area contributed by atoms with E-state index in [0.717, 1.165) is 0 Å². The average Bonchev–Trinajstić information content (AvgIpc) is 2.03. The van der Waals surface area contributed by atoms with Crippen LogP contribution in [0.1, 0.15) is 6.92 Å². The lowest BCUT2D eigenvalue weighted by Crippen LogP contribution is -2.50. The third kappa shape index (κ3) is 3.00. The molecule has 13 heavy (non-hydrogen) atoms. The summed E-state index contributed by atoms with van der Waals surface area (Å²) < 4.78 is 0. The van der Waals surface area contributed by atoms with Crippen LogP contribution in [0.4, 0.5) is 0 Å². The van der Waals surface area contributed by atoms with Gasteiger partial charge in [0.15, 0.2) is 6.10 Å². The van der Waals surface area contributed by atoms with Crippen LogP contribution in [0.2, 0.25) is 0 Å². The zero-order valence-electron chi connectivity index (χ0n) is 7.47. The van der Waals surface area contributed by atoms with Gasteiger partial charge in [0.1, 0.15) is 6.04 Å². The molecule has 0 aromatic rings. The van der Waals surface area contributed by atoms with E-state index in [9.17, 15) is 9.59 Å². The summed E-state index contributed by atoms with van der Waals surface area (Å²) in [5.41, 5.74) is 0. The normalized spacial score (nSPS) is 15.4. The summed E-state index contributed by atoms with van der Waals surface area (Å²) in [6.45, 7) is 2.02. The minimum absolute atomic E-state index is 0.349. The van der Waals surface area contributed by atoms with E-state index in [-0.39, 0.29) is 0 Å². The summed E-state index contributed by atoms with van der Waals surface area (Å²) in [4.78, 5) is 22.2. The van der Waals surface area contributed by atoms with E-state index in [4.69, 9.17) is 15.3 Å². The highest BCUT2D eigenvalue weighted by Crippen LogP contribution is 2.03. The topological polar surface area (TPSA) is 98.1 Å². The lowest BCUT2D eigenvalue weighted by atomic mass is 10.1. The summed E-state index contributed by atoms with van der Waals surface area (Å²) in [7, 11) is 1.44. The number of likely N-dealkylation sites (N-methyl/N-ethyl adjacent to an activating group) is 1. The van der Waals surface area contributed by atoms with Crippen molar-refractivity contribution in [3.05, 3.63) is 0 Å². The molecule has 0 bridgehead atoms. The second kappa shape index (κ2) is 4.78. The highest BCUT2D eigenvalue weighted by atomic mass is 16.4. The number of aliphatic hydroxyl groups is 1. The van der Waals surface area contributed by atoms with Crippen molar-refractivity contribution in [2.75, 3.05) is 13.6 Å². The van der Waals surface area contributed by atoms with Gasteiger partial charge in [0.05, 0.1) is 0 Å². The van der Waals surface area contributed by atoms with Crippen LogP contribution >= 0.6 is 0 Å². The van der Waals surface area contributed by atoms with Crippen LogP contribution in [0.5, 0.6) is 0 Å². The molecule has 0 rings (SSSR count). The molecule has 0 saturated heterocycles. The van der Waals surface area contributed by atoms with E-state index in [2.05, 4.69) is 0 Å². The maximum Gasteiger partial charge on any atom is 0.334 e. The van der Waals surface area contributed by atoms with Crippen molar-refractivity contribution in [3.8, 4) is 0 Å². The minimum atomic E-state index is -1.90. The lowest BCUT2D eigenvalue weighted by molar-refractivity contribution is -0.160. The van der Waals surface area contributed by atoms with Gasteiger partial charge in [-0.3, -0.25) is 9.69 Å². The molecule has 0 aliphatic carbocycles. The molecule has 0 amide bonds. The van der Waals surface area contributed by atoms with Gasteiger partial charge in [-0.2, -0.15) is 0 Å². The van der Waals surface area contributed by atoms with Crippen LogP contribution in [-0.2, 0) is 9.59 Å². The van der Waals surface area contributed by atoms with E-state index >= 15 is 0 Å². The number of hydrogen-bond donors (Lipinski definition) is 3. The van der Waals surface area contributed by atoms with Crippen molar-refractivity contribution in [2.24, 2.45) is 0 Å². The van der Waals surface area contributed by atoms with Crippen LogP contribution in [-0.4, -0.2) is 57.9 Å². The molecule has 6 nitrogen and oxygen atoms in total. The summed E-state index contributed by atoms with van der Waals surface area (Å²) in [5, 5.41) is 26.1. The van der Waals surface area contributed by atoms with Crippen LogP contribution in [0.3, 0.4) is 0 Å². The fourth-order valence-electron chi connectivity index (χ4n) is 0.896. The average molecular weight is 191 g/mol. The molecule has 0 saturated carbocycles. The smallest absolute Gasteiger partial charge is 0.334 e. The van der Waals surface area contributed by atoms with Gasteiger partial charge in [-0.1, -0.05) is 6.92 Å². The predicted octanol–water partition coefficient (Wildman–Crippen LogP) is -1.16. The van der Waals surface area contributed by atoms with Crippen molar-refractivity contribution in [3.63, 3.8) is 0 Å². The molecule has 0 aromatic carbocycles. The fourth-order valence-corrected chi connectivity index (χ4v) is 0.896. The quantitative estimate of drug-likeness (QED) is 0.507. The van der Waals surface area contributed by atoms with Gasteiger partial charge in [0, 0.05) is 0 Å². The van der Waals surface area contributed by atoms with Gasteiger partial charge >= 0.3 is 11.9 Å². The van der Waals surface area contributed by atoms with Crippen molar-refractivity contribution in [1.29, 1.82) is 0 Å². The zero-order valence-corrected chi connectivity index (χ0v) is 7.47. The largest absolute Gasteiger partial charge is 0.480 e. The summed E-state index contributed by atoms with van der Waals surface area (Å²) in [6.07, 6.45) is -1.90. The van der Waals surface area contributed by atoms with Crippen molar-refractivity contribution in [1.82, 2.24) is 4.90 Å². The highest BCUT2D eigenvalue weighted by Gasteiger charge is 2.34. The number of carboxylic acids is 2. The van der Waals surface area contributed by atoms with E-state index in [0.29, 0.717) is 6.54 Å². The molecule has 0 fully saturated rings. The Balaban J connectivity index is 4.60. The lowest BCUT2D eigenvalue weighted by Gasteiger charge is -2.24. The third-order valence-electron chi connectivity index (χ3n) is 1.78. The van der Waals surface area contributed by atoms with Crippen LogP contribution in [0.15, 0.2) is 0 Å². The first kappa shape index (κ1) is 11.9. The Hall–Kier alpha value is -1.14. The standard InChI is InChI=1S/C7H13NO5/c1-3-8(2)4(6(10)11)5(9)7(12)13/h4-5,9H,3H2,1-2H3,(H,10,11)(H,12,13). The Morgan fingerprint density at radius 3 is 2.00 bits per heavy atom. The molecular weight excluding hydrogens is 178 g/mol. The van der Waals surface area contributed by atoms with Crippen molar-refractivity contribution in [2.45, 2.75) is 19.1 Å².